The van der Waals surface area contributed by atoms with Crippen LogP contribution in [0.4, 0.5) is 0 Å². The maximum atomic E-state index is 11.1. The molecule has 54 valence electrons. The van der Waals surface area contributed by atoms with Crippen molar-refractivity contribution in [3.8, 4) is 0 Å². The van der Waals surface area contributed by atoms with E-state index in [9.17, 15) is 4.57 Å². The van der Waals surface area contributed by atoms with Crippen LogP contribution in [0.3, 0.4) is 0 Å². The highest BCUT2D eigenvalue weighted by Crippen LogP contribution is 2.48. The molecule has 0 amide bonds. The Labute approximate surface area is 65.2 Å². The van der Waals surface area contributed by atoms with Crippen LogP contribution < -0.4 is 0 Å². The van der Waals surface area contributed by atoms with Gasteiger partial charge in [0.25, 0.3) is 0 Å². The number of halogens is 1. The summed E-state index contributed by atoms with van der Waals surface area (Å²) in [6.07, 6.45) is 1.89. The van der Waals surface area contributed by atoms with Crippen molar-refractivity contribution in [2.75, 3.05) is 19.6 Å². The van der Waals surface area contributed by atoms with Crippen molar-refractivity contribution in [3.63, 3.8) is 0 Å². The van der Waals surface area contributed by atoms with Gasteiger partial charge in [0.2, 0.25) is 0 Å². The minimum Gasteiger partial charge on any atom is -0.318 e. The molecule has 9 heavy (non-hydrogen) atoms. The molecule has 0 unspecified atom stereocenters. The molecule has 0 radical (unpaired) electrons. The molecule has 0 aromatic heterocycles. The first-order chi connectivity index (χ1) is 3.98. The van der Waals surface area contributed by atoms with Crippen LogP contribution in [0.15, 0.2) is 10.2 Å². The molecular formula is C5H10ClOPS. The average molecular weight is 185 g/mol. The number of rotatable bonds is 2. The van der Waals surface area contributed by atoms with Gasteiger partial charge in [-0.1, -0.05) is 11.6 Å². The van der Waals surface area contributed by atoms with Crippen molar-refractivity contribution in [1.82, 2.24) is 0 Å². The maximum absolute atomic E-state index is 11.1. The van der Waals surface area contributed by atoms with E-state index < -0.39 is 7.14 Å². The molecule has 0 aliphatic heterocycles. The van der Waals surface area contributed by atoms with Gasteiger partial charge in [0.05, 0.1) is 4.77 Å². The van der Waals surface area contributed by atoms with E-state index in [1.165, 1.54) is 11.8 Å². The Morgan fingerprint density at radius 3 is 2.22 bits per heavy atom. The summed E-state index contributed by atoms with van der Waals surface area (Å²) >= 11 is 7.10. The first-order valence-corrected chi connectivity index (χ1v) is 6.69. The zero-order chi connectivity index (χ0) is 7.49. The monoisotopic (exact) mass is 184 g/mol. The summed E-state index contributed by atoms with van der Waals surface area (Å²) in [7, 11) is -2.17. The van der Waals surface area contributed by atoms with Gasteiger partial charge in [-0.2, -0.15) is 0 Å². The highest BCUT2D eigenvalue weighted by molar-refractivity contribution is 8.01. The van der Waals surface area contributed by atoms with E-state index in [2.05, 4.69) is 0 Å². The fourth-order valence-electron chi connectivity index (χ4n) is 0.224. The second-order valence-corrected chi connectivity index (χ2v) is 6.59. The molecule has 0 saturated heterocycles. The van der Waals surface area contributed by atoms with Crippen LogP contribution in [0.25, 0.3) is 0 Å². The smallest absolute Gasteiger partial charge is 0.121 e. The van der Waals surface area contributed by atoms with Crippen molar-refractivity contribution in [3.05, 3.63) is 10.2 Å². The molecule has 0 atom stereocenters. The van der Waals surface area contributed by atoms with E-state index in [0.29, 0.717) is 4.77 Å². The molecule has 0 spiro atoms. The highest BCUT2D eigenvalue weighted by Gasteiger charge is 2.10. The molecule has 0 aliphatic carbocycles. The molecule has 0 aromatic rings. The predicted octanol–water partition coefficient (Wildman–Crippen LogP) is 3.01. The van der Waals surface area contributed by atoms with Crippen LogP contribution in [-0.2, 0) is 4.57 Å². The Balaban J connectivity index is 4.21. The van der Waals surface area contributed by atoms with Crippen LogP contribution in [0, 0.1) is 0 Å². The largest absolute Gasteiger partial charge is 0.318 e. The molecule has 0 fully saturated rings. The zero-order valence-corrected chi connectivity index (χ0v) is 8.19. The lowest BCUT2D eigenvalue weighted by molar-refractivity contribution is 0.587. The molecule has 1 nitrogen and oxygen atoms in total. The normalized spacial score (nSPS) is 14.0. The van der Waals surface area contributed by atoms with Crippen LogP contribution in [0.2, 0.25) is 0 Å². The van der Waals surface area contributed by atoms with Gasteiger partial charge in [-0.3, -0.25) is 0 Å². The van der Waals surface area contributed by atoms with E-state index in [1.54, 1.807) is 18.7 Å². The molecule has 0 aliphatic rings. The Bertz CT molecular complexity index is 160. The average Bonchev–Trinajstić information content (AvgIpc) is 1.64. The van der Waals surface area contributed by atoms with Crippen molar-refractivity contribution in [1.29, 1.82) is 0 Å². The molecule has 0 saturated carbocycles. The lowest BCUT2D eigenvalue weighted by Crippen LogP contribution is -1.71. The fourth-order valence-corrected chi connectivity index (χ4v) is 2.02. The topological polar surface area (TPSA) is 17.1 Å². The quantitative estimate of drug-likeness (QED) is 0.614. The van der Waals surface area contributed by atoms with E-state index >= 15 is 0 Å². The highest BCUT2D eigenvalue weighted by atomic mass is 35.5. The Kier molecular flexibility index (Phi) is 3.95. The predicted molar refractivity (Wildman–Crippen MR) is 46.9 cm³/mol. The van der Waals surface area contributed by atoms with E-state index in [4.69, 9.17) is 11.6 Å². The van der Waals surface area contributed by atoms with Gasteiger partial charge in [-0.25, -0.2) is 0 Å². The van der Waals surface area contributed by atoms with Crippen LogP contribution in [0.5, 0.6) is 0 Å². The second-order valence-electron chi connectivity index (χ2n) is 2.03. The summed E-state index contributed by atoms with van der Waals surface area (Å²) in [6.45, 7) is 3.31. The fraction of sp³-hybridized carbons (Fsp3) is 0.600. The molecule has 0 N–H and O–H groups in total. The molecule has 0 rings (SSSR count). The molecular weight excluding hydrogens is 175 g/mol. The summed E-state index contributed by atoms with van der Waals surface area (Å²) < 4.78 is 11.6. The van der Waals surface area contributed by atoms with Crippen molar-refractivity contribution in [2.45, 2.75) is 0 Å². The summed E-state index contributed by atoms with van der Waals surface area (Å²) in [5.41, 5.74) is 0. The third-order valence-corrected chi connectivity index (χ3v) is 3.99. The number of thioether (sulfide) groups is 1. The van der Waals surface area contributed by atoms with Crippen molar-refractivity contribution >= 4 is 30.5 Å². The number of hydrogen-bond acceptors (Lipinski definition) is 2. The molecule has 4 heteroatoms. The van der Waals surface area contributed by atoms with Gasteiger partial charge in [-0.05, 0) is 25.0 Å². The minimum atomic E-state index is -2.17. The van der Waals surface area contributed by atoms with E-state index in [-0.39, 0.29) is 0 Å². The third kappa shape index (κ3) is 4.07. The van der Waals surface area contributed by atoms with Crippen molar-refractivity contribution < 1.29 is 4.57 Å². The van der Waals surface area contributed by atoms with Gasteiger partial charge < -0.3 is 4.57 Å². The van der Waals surface area contributed by atoms with Gasteiger partial charge >= 0.3 is 0 Å². The van der Waals surface area contributed by atoms with Gasteiger partial charge in [0, 0.05) is 0 Å². The van der Waals surface area contributed by atoms with Crippen LogP contribution in [-0.4, -0.2) is 19.6 Å². The molecule has 0 heterocycles. The van der Waals surface area contributed by atoms with Gasteiger partial charge in [0.1, 0.15) is 7.14 Å². The van der Waals surface area contributed by atoms with E-state index in [0.717, 1.165) is 0 Å². The van der Waals surface area contributed by atoms with Crippen molar-refractivity contribution in [2.24, 2.45) is 0 Å². The van der Waals surface area contributed by atoms with Crippen LogP contribution in [0.1, 0.15) is 0 Å². The van der Waals surface area contributed by atoms with Gasteiger partial charge in [0.15, 0.2) is 0 Å². The Morgan fingerprint density at radius 2 is 2.11 bits per heavy atom. The summed E-state index contributed by atoms with van der Waals surface area (Å²) in [5.74, 6) is 0. The molecule has 0 aromatic carbocycles. The van der Waals surface area contributed by atoms with Gasteiger partial charge in [-0.15, -0.1) is 11.8 Å². The SMILES string of the molecule is CSC=C(Cl)P(C)(C)=O. The minimum absolute atomic E-state index is 0.481. The first kappa shape index (κ1) is 9.61. The lowest BCUT2D eigenvalue weighted by atomic mass is 11.2. The maximum Gasteiger partial charge on any atom is 0.121 e. The Morgan fingerprint density at radius 1 is 1.67 bits per heavy atom. The number of hydrogen-bond donors (Lipinski definition) is 0. The molecule has 0 bridgehead atoms. The van der Waals surface area contributed by atoms with E-state index in [1.807, 2.05) is 6.26 Å². The summed E-state index contributed by atoms with van der Waals surface area (Å²) in [5, 5.41) is 1.71. The standard InChI is InChI=1S/C5H10ClOPS/c1-8(2,7)5(6)4-9-3/h4H,1-3H3. The van der Waals surface area contributed by atoms with Crippen LogP contribution >= 0.6 is 30.5 Å². The zero-order valence-electron chi connectivity index (χ0n) is 5.72. The lowest BCUT2D eigenvalue weighted by Gasteiger charge is -2.01. The second kappa shape index (κ2) is 3.70. The summed E-state index contributed by atoms with van der Waals surface area (Å²) in [4.78, 5) is 0. The Hall–Kier alpha value is 0.610. The first-order valence-electron chi connectivity index (χ1n) is 2.42. The third-order valence-electron chi connectivity index (χ3n) is 0.730. The summed E-state index contributed by atoms with van der Waals surface area (Å²) in [6, 6.07) is 0.